The molecule has 0 spiro atoms. The average Bonchev–Trinajstić information content (AvgIpc) is 2.39. The van der Waals surface area contributed by atoms with Crippen molar-refractivity contribution in [2.24, 2.45) is 0 Å². The summed E-state index contributed by atoms with van der Waals surface area (Å²) in [6.07, 6.45) is 0.565. The Morgan fingerprint density at radius 3 is 2.69 bits per heavy atom. The molecule has 2 atom stereocenters. The van der Waals surface area contributed by atoms with Crippen LogP contribution < -0.4 is 0 Å². The van der Waals surface area contributed by atoms with Crippen molar-refractivity contribution in [3.63, 3.8) is 0 Å². The van der Waals surface area contributed by atoms with E-state index in [9.17, 15) is 4.79 Å². The maximum atomic E-state index is 11.3. The van der Waals surface area contributed by atoms with E-state index in [1.54, 1.807) is 19.9 Å². The Balaban J connectivity index is 2.74. The van der Waals surface area contributed by atoms with E-state index in [1.165, 1.54) is 0 Å². The van der Waals surface area contributed by atoms with Gasteiger partial charge in [0.05, 0.1) is 5.88 Å². The van der Waals surface area contributed by atoms with Crippen molar-refractivity contribution < 1.29 is 14.3 Å². The minimum absolute atomic E-state index is 0.0611. The molecular formula is C9H13ClO3. The van der Waals surface area contributed by atoms with Crippen molar-refractivity contribution in [1.29, 1.82) is 0 Å². The SMILES string of the molecule is C=CC1OC(C)(C)OC1C(=O)CCl. The second-order valence-corrected chi connectivity index (χ2v) is 3.62. The van der Waals surface area contributed by atoms with Crippen LogP contribution in [-0.4, -0.2) is 29.7 Å². The van der Waals surface area contributed by atoms with E-state index in [2.05, 4.69) is 6.58 Å². The zero-order chi connectivity index (χ0) is 10.1. The zero-order valence-electron chi connectivity index (χ0n) is 7.75. The first-order valence-corrected chi connectivity index (χ1v) is 4.60. The van der Waals surface area contributed by atoms with E-state index in [4.69, 9.17) is 21.1 Å². The summed E-state index contributed by atoms with van der Waals surface area (Å²) in [5, 5.41) is 0. The summed E-state index contributed by atoms with van der Waals surface area (Å²) in [5.41, 5.74) is 0. The molecule has 1 aliphatic rings. The normalized spacial score (nSPS) is 31.6. The quantitative estimate of drug-likeness (QED) is 0.516. The van der Waals surface area contributed by atoms with Gasteiger partial charge in [0.2, 0.25) is 0 Å². The lowest BCUT2D eigenvalue weighted by Crippen LogP contribution is -2.31. The molecule has 0 aromatic rings. The summed E-state index contributed by atoms with van der Waals surface area (Å²) in [6, 6.07) is 0. The Kier molecular flexibility index (Phi) is 3.11. The standard InChI is InChI=1S/C9H13ClO3/c1-4-7-8(6(11)5-10)13-9(2,3)12-7/h4,7-8H,1,5H2,2-3H3. The number of rotatable bonds is 3. The van der Waals surface area contributed by atoms with E-state index >= 15 is 0 Å². The molecule has 2 unspecified atom stereocenters. The van der Waals surface area contributed by atoms with Crippen LogP contribution in [0.5, 0.6) is 0 Å². The Labute approximate surface area is 82.7 Å². The Hall–Kier alpha value is -0.380. The van der Waals surface area contributed by atoms with E-state index in [0.29, 0.717) is 0 Å². The van der Waals surface area contributed by atoms with Gasteiger partial charge in [-0.05, 0) is 13.8 Å². The molecule has 1 rings (SSSR count). The number of ketones is 1. The van der Waals surface area contributed by atoms with Gasteiger partial charge in [-0.3, -0.25) is 4.79 Å². The maximum absolute atomic E-state index is 11.3. The van der Waals surface area contributed by atoms with Crippen LogP contribution in [0.1, 0.15) is 13.8 Å². The number of halogens is 1. The molecule has 0 aromatic carbocycles. The van der Waals surface area contributed by atoms with Gasteiger partial charge < -0.3 is 9.47 Å². The third-order valence-electron chi connectivity index (χ3n) is 1.81. The fraction of sp³-hybridized carbons (Fsp3) is 0.667. The molecule has 4 heteroatoms. The zero-order valence-corrected chi connectivity index (χ0v) is 8.50. The highest BCUT2D eigenvalue weighted by Gasteiger charge is 2.42. The molecule has 0 aromatic heterocycles. The van der Waals surface area contributed by atoms with Crippen LogP contribution in [0.3, 0.4) is 0 Å². The molecule has 1 heterocycles. The topological polar surface area (TPSA) is 35.5 Å². The number of carbonyl (C=O) groups excluding carboxylic acids is 1. The molecule has 3 nitrogen and oxygen atoms in total. The summed E-state index contributed by atoms with van der Waals surface area (Å²) in [7, 11) is 0. The van der Waals surface area contributed by atoms with Gasteiger partial charge >= 0.3 is 0 Å². The van der Waals surface area contributed by atoms with Gasteiger partial charge in [-0.15, -0.1) is 18.2 Å². The molecule has 0 radical (unpaired) electrons. The summed E-state index contributed by atoms with van der Waals surface area (Å²) >= 11 is 5.43. The largest absolute Gasteiger partial charge is 0.340 e. The van der Waals surface area contributed by atoms with Gasteiger partial charge in [-0.1, -0.05) is 6.08 Å². The predicted octanol–water partition coefficient (Wildman–Crippen LogP) is 1.50. The molecule has 1 fully saturated rings. The minimum Gasteiger partial charge on any atom is -0.340 e. The molecular weight excluding hydrogens is 192 g/mol. The molecule has 0 bridgehead atoms. The molecule has 1 aliphatic heterocycles. The van der Waals surface area contributed by atoms with Gasteiger partial charge in [-0.25, -0.2) is 0 Å². The molecule has 1 saturated heterocycles. The third kappa shape index (κ3) is 2.30. The fourth-order valence-electron chi connectivity index (χ4n) is 1.29. The number of hydrogen-bond donors (Lipinski definition) is 0. The molecule has 74 valence electrons. The maximum Gasteiger partial charge on any atom is 0.179 e. The number of hydrogen-bond acceptors (Lipinski definition) is 3. The van der Waals surface area contributed by atoms with Gasteiger partial charge in [-0.2, -0.15) is 0 Å². The monoisotopic (exact) mass is 204 g/mol. The Morgan fingerprint density at radius 2 is 2.23 bits per heavy atom. The van der Waals surface area contributed by atoms with Crippen molar-refractivity contribution in [2.45, 2.75) is 31.8 Å². The molecule has 0 saturated carbocycles. The summed E-state index contributed by atoms with van der Waals surface area (Å²) in [6.45, 7) is 7.08. The highest BCUT2D eigenvalue weighted by atomic mass is 35.5. The summed E-state index contributed by atoms with van der Waals surface area (Å²) in [4.78, 5) is 11.3. The van der Waals surface area contributed by atoms with E-state index < -0.39 is 11.9 Å². The van der Waals surface area contributed by atoms with Gasteiger partial charge in [0.15, 0.2) is 17.7 Å². The second-order valence-electron chi connectivity index (χ2n) is 3.36. The van der Waals surface area contributed by atoms with Crippen molar-refractivity contribution in [3.05, 3.63) is 12.7 Å². The lowest BCUT2D eigenvalue weighted by molar-refractivity contribution is -0.152. The van der Waals surface area contributed by atoms with Crippen LogP contribution in [0.15, 0.2) is 12.7 Å². The molecule has 0 aliphatic carbocycles. The number of carbonyl (C=O) groups is 1. The highest BCUT2D eigenvalue weighted by molar-refractivity contribution is 6.28. The van der Waals surface area contributed by atoms with Crippen LogP contribution in [-0.2, 0) is 14.3 Å². The van der Waals surface area contributed by atoms with Crippen molar-refractivity contribution in [3.8, 4) is 0 Å². The minimum atomic E-state index is -0.731. The fourth-order valence-corrected chi connectivity index (χ4v) is 1.44. The Morgan fingerprint density at radius 1 is 1.62 bits per heavy atom. The van der Waals surface area contributed by atoms with Crippen molar-refractivity contribution in [1.82, 2.24) is 0 Å². The second kappa shape index (κ2) is 3.78. The third-order valence-corrected chi connectivity index (χ3v) is 2.07. The average molecular weight is 205 g/mol. The van der Waals surface area contributed by atoms with E-state index in [-0.39, 0.29) is 17.8 Å². The van der Waals surface area contributed by atoms with Crippen LogP contribution >= 0.6 is 11.6 Å². The predicted molar refractivity (Wildman–Crippen MR) is 49.7 cm³/mol. The first-order valence-electron chi connectivity index (χ1n) is 4.07. The smallest absolute Gasteiger partial charge is 0.179 e. The number of alkyl halides is 1. The molecule has 0 amide bonds. The van der Waals surface area contributed by atoms with E-state index in [0.717, 1.165) is 0 Å². The number of Topliss-reactive ketones (excluding diaryl/α,β-unsaturated/α-hetero) is 1. The lowest BCUT2D eigenvalue weighted by Gasteiger charge is -2.15. The van der Waals surface area contributed by atoms with Crippen molar-refractivity contribution >= 4 is 17.4 Å². The lowest BCUT2D eigenvalue weighted by atomic mass is 10.1. The van der Waals surface area contributed by atoms with Crippen LogP contribution in [0, 0.1) is 0 Å². The summed E-state index contributed by atoms with van der Waals surface area (Å²) < 4.78 is 10.8. The van der Waals surface area contributed by atoms with Crippen LogP contribution in [0.4, 0.5) is 0 Å². The van der Waals surface area contributed by atoms with E-state index in [1.807, 2.05) is 0 Å². The highest BCUT2D eigenvalue weighted by Crippen LogP contribution is 2.29. The molecule has 0 N–H and O–H groups in total. The van der Waals surface area contributed by atoms with Gasteiger partial charge in [0, 0.05) is 0 Å². The Bertz CT molecular complexity index is 225. The number of ether oxygens (including phenoxy) is 2. The van der Waals surface area contributed by atoms with Gasteiger partial charge in [0.1, 0.15) is 6.10 Å². The first kappa shape index (κ1) is 10.7. The van der Waals surface area contributed by atoms with Crippen molar-refractivity contribution in [2.75, 3.05) is 5.88 Å². The summed E-state index contributed by atoms with van der Waals surface area (Å²) in [5.74, 6) is -0.961. The molecule has 13 heavy (non-hydrogen) atoms. The van der Waals surface area contributed by atoms with Gasteiger partial charge in [0.25, 0.3) is 0 Å². The van der Waals surface area contributed by atoms with Crippen LogP contribution in [0.2, 0.25) is 0 Å². The van der Waals surface area contributed by atoms with Crippen LogP contribution in [0.25, 0.3) is 0 Å². The first-order chi connectivity index (χ1) is 6.00.